The fourth-order valence-corrected chi connectivity index (χ4v) is 2.63. The van der Waals surface area contributed by atoms with E-state index < -0.39 is 40.7 Å². The summed E-state index contributed by atoms with van der Waals surface area (Å²) in [5.41, 5.74) is -2.51. The second-order valence-electron chi connectivity index (χ2n) is 5.83. The summed E-state index contributed by atoms with van der Waals surface area (Å²) in [5.74, 6) is -2.48. The smallest absolute Gasteiger partial charge is 0.342 e. The maximum absolute atomic E-state index is 14.4. The van der Waals surface area contributed by atoms with Gasteiger partial charge in [0.2, 0.25) is 5.91 Å². The van der Waals surface area contributed by atoms with Gasteiger partial charge in [-0.05, 0) is 32.9 Å². The van der Waals surface area contributed by atoms with Gasteiger partial charge in [-0.2, -0.15) is 0 Å². The molecule has 7 nitrogen and oxygen atoms in total. The van der Waals surface area contributed by atoms with E-state index in [4.69, 9.17) is 16.3 Å². The Morgan fingerprint density at radius 3 is 2.35 bits per heavy atom. The quantitative estimate of drug-likeness (QED) is 0.760. The number of rotatable bonds is 3. The molecule has 0 aliphatic rings. The first-order chi connectivity index (χ1) is 12.0. The van der Waals surface area contributed by atoms with Crippen LogP contribution in [0.5, 0.6) is 0 Å². The van der Waals surface area contributed by atoms with E-state index in [1.807, 2.05) is 0 Å². The molecule has 0 amide bonds. The zero-order chi connectivity index (χ0) is 19.8. The lowest BCUT2D eigenvalue weighted by Gasteiger charge is -2.14. The lowest BCUT2D eigenvalue weighted by molar-refractivity contribution is 0.0378. The monoisotopic (exact) mass is 382 g/mol. The number of aryl methyl sites for hydroxylation is 1. The molecule has 1 aromatic heterocycles. The average molecular weight is 383 g/mol. The van der Waals surface area contributed by atoms with E-state index in [0.717, 1.165) is 29.7 Å². The Morgan fingerprint density at radius 1 is 1.19 bits per heavy atom. The van der Waals surface area contributed by atoms with Gasteiger partial charge in [-0.15, -0.1) is 0 Å². The summed E-state index contributed by atoms with van der Waals surface area (Å²) in [6.07, 6.45) is -0.455. The van der Waals surface area contributed by atoms with Crippen molar-refractivity contribution in [2.75, 3.05) is 0 Å². The Balaban J connectivity index is 2.80. The number of carbonyl (C=O) groups is 2. The Hall–Kier alpha value is -2.74. The van der Waals surface area contributed by atoms with E-state index >= 15 is 0 Å². The fourth-order valence-electron chi connectivity index (χ4n) is 2.40. The predicted molar refractivity (Wildman–Crippen MR) is 92.9 cm³/mol. The number of hydrogen-bond acceptors (Lipinski definition) is 5. The summed E-state index contributed by atoms with van der Waals surface area (Å²) in [6, 6.07) is 2.77. The molecule has 26 heavy (non-hydrogen) atoms. The van der Waals surface area contributed by atoms with Gasteiger partial charge in [0.05, 0.1) is 22.4 Å². The van der Waals surface area contributed by atoms with Gasteiger partial charge < -0.3 is 4.74 Å². The Morgan fingerprint density at radius 2 is 1.81 bits per heavy atom. The van der Waals surface area contributed by atoms with Crippen molar-refractivity contribution in [3.05, 3.63) is 61.1 Å². The highest BCUT2D eigenvalue weighted by atomic mass is 35.5. The molecule has 9 heteroatoms. The fraction of sp³-hybridized carbons (Fsp3) is 0.294. The predicted octanol–water partition coefficient (Wildman–Crippen LogP) is 2.33. The van der Waals surface area contributed by atoms with Crippen molar-refractivity contribution in [1.29, 1.82) is 0 Å². The van der Waals surface area contributed by atoms with E-state index in [0.29, 0.717) is 4.57 Å². The van der Waals surface area contributed by atoms with E-state index in [1.54, 1.807) is 13.8 Å². The number of benzene rings is 1. The van der Waals surface area contributed by atoms with E-state index in [2.05, 4.69) is 0 Å². The van der Waals surface area contributed by atoms with Crippen LogP contribution in [0.25, 0.3) is 5.69 Å². The summed E-state index contributed by atoms with van der Waals surface area (Å²) < 4.78 is 20.6. The van der Waals surface area contributed by atoms with Crippen molar-refractivity contribution < 1.29 is 18.7 Å². The second kappa shape index (κ2) is 7.25. The van der Waals surface area contributed by atoms with Crippen LogP contribution in [0.2, 0.25) is 5.02 Å². The topological polar surface area (TPSA) is 87.4 Å². The third kappa shape index (κ3) is 3.60. The summed E-state index contributed by atoms with van der Waals surface area (Å²) in [7, 11) is 0. The van der Waals surface area contributed by atoms with Crippen molar-refractivity contribution in [2.24, 2.45) is 0 Å². The van der Waals surface area contributed by atoms with Gasteiger partial charge in [-0.1, -0.05) is 11.6 Å². The summed E-state index contributed by atoms with van der Waals surface area (Å²) in [4.78, 5) is 48.6. The van der Waals surface area contributed by atoms with Crippen LogP contribution in [0.1, 0.15) is 41.6 Å². The first-order valence-electron chi connectivity index (χ1n) is 7.61. The number of halogens is 2. The highest BCUT2D eigenvalue weighted by Gasteiger charge is 2.21. The van der Waals surface area contributed by atoms with Gasteiger partial charge in [-0.3, -0.25) is 9.59 Å². The van der Waals surface area contributed by atoms with Crippen LogP contribution in [-0.4, -0.2) is 27.1 Å². The van der Waals surface area contributed by atoms with Gasteiger partial charge in [-0.25, -0.2) is 23.1 Å². The summed E-state index contributed by atoms with van der Waals surface area (Å²) in [6.45, 7) is 5.77. The van der Waals surface area contributed by atoms with Crippen LogP contribution in [0.15, 0.2) is 27.8 Å². The number of aromatic nitrogens is 2. The number of ether oxygens (including phenoxy) is 1. The molecule has 0 N–H and O–H groups in total. The van der Waals surface area contributed by atoms with Crippen LogP contribution in [0.3, 0.4) is 0 Å². The average Bonchev–Trinajstić information content (AvgIpc) is 2.47. The van der Waals surface area contributed by atoms with Gasteiger partial charge in [0.1, 0.15) is 5.82 Å². The molecular formula is C17H16ClFN2O5. The molecule has 0 aliphatic carbocycles. The summed E-state index contributed by atoms with van der Waals surface area (Å²) >= 11 is 5.89. The lowest BCUT2D eigenvalue weighted by atomic mass is 10.2. The minimum absolute atomic E-state index is 0.109. The molecule has 0 saturated heterocycles. The Kier molecular flexibility index (Phi) is 5.46. The molecule has 1 heterocycles. The molecule has 0 saturated carbocycles. The molecule has 2 aromatic rings. The molecule has 0 radical (unpaired) electrons. The highest BCUT2D eigenvalue weighted by Crippen LogP contribution is 2.23. The molecular weight excluding hydrogens is 367 g/mol. The third-order valence-corrected chi connectivity index (χ3v) is 3.76. The standard InChI is InChI=1S/C17H16ClFN2O5/c1-8(2)26-16(24)11-6-14(13(19)7-12(11)18)21-15(23)5-9(3)20(10(4)22)17(21)25/h5-8H,1-4H3. The van der Waals surface area contributed by atoms with Gasteiger partial charge >= 0.3 is 11.7 Å². The van der Waals surface area contributed by atoms with Crippen molar-refractivity contribution in [1.82, 2.24) is 9.13 Å². The molecule has 0 fully saturated rings. The molecule has 0 atom stereocenters. The maximum Gasteiger partial charge on any atom is 0.342 e. The van der Waals surface area contributed by atoms with Crippen molar-refractivity contribution in [3.8, 4) is 5.69 Å². The molecule has 1 aromatic carbocycles. The molecule has 0 bridgehead atoms. The van der Waals surface area contributed by atoms with Crippen molar-refractivity contribution in [3.63, 3.8) is 0 Å². The van der Waals surface area contributed by atoms with Crippen LogP contribution >= 0.6 is 11.6 Å². The lowest BCUT2D eigenvalue weighted by Crippen LogP contribution is -2.41. The number of carbonyl (C=O) groups excluding carboxylic acids is 2. The number of hydrogen-bond donors (Lipinski definition) is 0. The zero-order valence-electron chi connectivity index (χ0n) is 14.5. The normalized spacial score (nSPS) is 10.9. The molecule has 2 rings (SSSR count). The van der Waals surface area contributed by atoms with Crippen LogP contribution in [0.4, 0.5) is 4.39 Å². The van der Waals surface area contributed by atoms with Crippen molar-refractivity contribution >= 4 is 23.5 Å². The minimum atomic E-state index is -1.05. The van der Waals surface area contributed by atoms with Gasteiger partial charge in [0.25, 0.3) is 5.56 Å². The second-order valence-corrected chi connectivity index (χ2v) is 6.24. The van der Waals surface area contributed by atoms with Crippen molar-refractivity contribution in [2.45, 2.75) is 33.8 Å². The Bertz CT molecular complexity index is 1020. The van der Waals surface area contributed by atoms with Crippen LogP contribution in [-0.2, 0) is 4.74 Å². The molecule has 0 spiro atoms. The highest BCUT2D eigenvalue weighted by molar-refractivity contribution is 6.33. The number of esters is 1. The molecule has 0 aliphatic heterocycles. The molecule has 138 valence electrons. The van der Waals surface area contributed by atoms with Gasteiger partial charge in [0.15, 0.2) is 0 Å². The van der Waals surface area contributed by atoms with E-state index in [-0.39, 0.29) is 16.3 Å². The first kappa shape index (κ1) is 19.6. The third-order valence-electron chi connectivity index (χ3n) is 3.44. The van der Waals surface area contributed by atoms with Crippen LogP contribution < -0.4 is 11.2 Å². The van der Waals surface area contributed by atoms with Crippen LogP contribution in [0, 0.1) is 12.7 Å². The van der Waals surface area contributed by atoms with E-state index in [9.17, 15) is 23.6 Å². The maximum atomic E-state index is 14.4. The zero-order valence-corrected chi connectivity index (χ0v) is 15.3. The largest absolute Gasteiger partial charge is 0.459 e. The SMILES string of the molecule is CC(=O)n1c(C)cc(=O)n(-c2cc(C(=O)OC(C)C)c(Cl)cc2F)c1=O. The minimum Gasteiger partial charge on any atom is -0.459 e. The molecule has 0 unspecified atom stereocenters. The summed E-state index contributed by atoms with van der Waals surface area (Å²) in [5, 5.41) is -0.232. The van der Waals surface area contributed by atoms with Gasteiger partial charge in [0, 0.05) is 18.7 Å². The first-order valence-corrected chi connectivity index (χ1v) is 7.99. The van der Waals surface area contributed by atoms with E-state index in [1.165, 1.54) is 6.92 Å². The number of nitrogens with zero attached hydrogens (tertiary/aromatic N) is 2. The Labute approximate surface area is 152 Å².